The van der Waals surface area contributed by atoms with Crippen LogP contribution in [-0.2, 0) is 0 Å². The van der Waals surface area contributed by atoms with Gasteiger partial charge in [-0.2, -0.15) is 0 Å². The van der Waals surface area contributed by atoms with E-state index in [-0.39, 0.29) is 0 Å². The fourth-order valence-corrected chi connectivity index (χ4v) is 2.03. The number of fused-ring (bicyclic) bond motifs is 1. The number of rotatable bonds is 1. The maximum Gasteiger partial charge on any atom is 0.0738 e. The molecule has 1 aromatic carbocycles. The number of pyridine rings is 2. The summed E-state index contributed by atoms with van der Waals surface area (Å²) in [6.07, 6.45) is 5.38. The second kappa shape index (κ2) is 4.15. The Morgan fingerprint density at radius 2 is 1.88 bits per heavy atom. The van der Waals surface area contributed by atoms with Crippen molar-refractivity contribution in [1.29, 1.82) is 0 Å². The van der Waals surface area contributed by atoms with Crippen molar-refractivity contribution in [3.05, 3.63) is 60.0 Å². The molecular formula is C14H9ClN2. The minimum absolute atomic E-state index is 0.683. The predicted octanol–water partition coefficient (Wildman–Crippen LogP) is 3.95. The third kappa shape index (κ3) is 1.87. The Bertz CT molecular complexity index is 674. The number of benzene rings is 1. The molecule has 0 spiro atoms. The number of hydrogen-bond donors (Lipinski definition) is 0. The van der Waals surface area contributed by atoms with Gasteiger partial charge in [0.2, 0.25) is 0 Å². The highest BCUT2D eigenvalue weighted by Gasteiger charge is 2.05. The Balaban J connectivity index is 2.30. The predicted molar refractivity (Wildman–Crippen MR) is 70.0 cm³/mol. The molecule has 0 aliphatic heterocycles. The van der Waals surface area contributed by atoms with Crippen molar-refractivity contribution in [2.45, 2.75) is 0 Å². The molecule has 0 saturated carbocycles. The van der Waals surface area contributed by atoms with Crippen LogP contribution in [0.4, 0.5) is 0 Å². The molecule has 3 heteroatoms. The largest absolute Gasteiger partial charge is 0.263 e. The highest BCUT2D eigenvalue weighted by Crippen LogP contribution is 2.27. The maximum atomic E-state index is 5.99. The van der Waals surface area contributed by atoms with Crippen LogP contribution in [-0.4, -0.2) is 9.97 Å². The van der Waals surface area contributed by atoms with Gasteiger partial charge in [0, 0.05) is 34.6 Å². The summed E-state index contributed by atoms with van der Waals surface area (Å²) >= 11 is 5.99. The Morgan fingerprint density at radius 3 is 2.76 bits per heavy atom. The van der Waals surface area contributed by atoms with Crippen LogP contribution in [0, 0.1) is 0 Å². The van der Waals surface area contributed by atoms with Gasteiger partial charge in [0.05, 0.1) is 5.69 Å². The highest BCUT2D eigenvalue weighted by molar-refractivity contribution is 6.30. The fraction of sp³-hybridized carbons (Fsp3) is 0. The van der Waals surface area contributed by atoms with Gasteiger partial charge in [-0.1, -0.05) is 35.9 Å². The van der Waals surface area contributed by atoms with Gasteiger partial charge >= 0.3 is 0 Å². The SMILES string of the molecule is Clc1ccnc(-c2cncc3ccccc23)c1. The molecule has 0 saturated heterocycles. The molecule has 2 nitrogen and oxygen atoms in total. The Hall–Kier alpha value is -1.93. The van der Waals surface area contributed by atoms with Gasteiger partial charge in [-0.25, -0.2) is 0 Å². The molecule has 2 aromatic heterocycles. The quantitative estimate of drug-likeness (QED) is 0.644. The topological polar surface area (TPSA) is 25.8 Å². The number of hydrogen-bond acceptors (Lipinski definition) is 2. The summed E-state index contributed by atoms with van der Waals surface area (Å²) in [5.74, 6) is 0. The van der Waals surface area contributed by atoms with E-state index in [1.807, 2.05) is 36.7 Å². The lowest BCUT2D eigenvalue weighted by Gasteiger charge is -2.05. The summed E-state index contributed by atoms with van der Waals surface area (Å²) < 4.78 is 0. The molecule has 0 aliphatic rings. The molecule has 3 aromatic rings. The zero-order valence-electron chi connectivity index (χ0n) is 8.97. The van der Waals surface area contributed by atoms with Crippen LogP contribution in [0.15, 0.2) is 55.0 Å². The zero-order chi connectivity index (χ0) is 11.7. The summed E-state index contributed by atoms with van der Waals surface area (Å²) in [6, 6.07) is 11.7. The van der Waals surface area contributed by atoms with Gasteiger partial charge in [0.1, 0.15) is 0 Å². The van der Waals surface area contributed by atoms with Gasteiger partial charge < -0.3 is 0 Å². The van der Waals surface area contributed by atoms with Crippen LogP contribution in [0.25, 0.3) is 22.0 Å². The van der Waals surface area contributed by atoms with Gasteiger partial charge in [0.15, 0.2) is 0 Å². The smallest absolute Gasteiger partial charge is 0.0738 e. The molecule has 0 aliphatic carbocycles. The highest BCUT2D eigenvalue weighted by atomic mass is 35.5. The molecule has 0 bridgehead atoms. The number of nitrogens with zero attached hydrogens (tertiary/aromatic N) is 2. The van der Waals surface area contributed by atoms with Crippen molar-refractivity contribution in [2.24, 2.45) is 0 Å². The average Bonchev–Trinajstić information content (AvgIpc) is 2.38. The summed E-state index contributed by atoms with van der Waals surface area (Å²) in [5, 5.41) is 2.92. The van der Waals surface area contributed by atoms with Crippen molar-refractivity contribution in [2.75, 3.05) is 0 Å². The number of halogens is 1. The van der Waals surface area contributed by atoms with E-state index >= 15 is 0 Å². The number of aromatic nitrogens is 2. The molecular weight excluding hydrogens is 232 g/mol. The van der Waals surface area contributed by atoms with E-state index in [9.17, 15) is 0 Å². The van der Waals surface area contributed by atoms with Crippen LogP contribution < -0.4 is 0 Å². The maximum absolute atomic E-state index is 5.99. The Kier molecular flexibility index (Phi) is 2.50. The molecule has 82 valence electrons. The molecule has 2 heterocycles. The van der Waals surface area contributed by atoms with E-state index in [1.165, 1.54) is 0 Å². The molecule has 17 heavy (non-hydrogen) atoms. The second-order valence-electron chi connectivity index (χ2n) is 3.77. The summed E-state index contributed by atoms with van der Waals surface area (Å²) in [4.78, 5) is 8.57. The van der Waals surface area contributed by atoms with Crippen molar-refractivity contribution >= 4 is 22.4 Å². The van der Waals surface area contributed by atoms with Gasteiger partial charge in [0.25, 0.3) is 0 Å². The van der Waals surface area contributed by atoms with E-state index in [0.717, 1.165) is 22.0 Å². The third-order valence-corrected chi connectivity index (χ3v) is 2.90. The van der Waals surface area contributed by atoms with E-state index in [2.05, 4.69) is 16.0 Å². The van der Waals surface area contributed by atoms with Crippen LogP contribution in [0.5, 0.6) is 0 Å². The zero-order valence-corrected chi connectivity index (χ0v) is 9.72. The van der Waals surface area contributed by atoms with E-state index in [4.69, 9.17) is 11.6 Å². The first-order valence-corrected chi connectivity index (χ1v) is 5.67. The monoisotopic (exact) mass is 240 g/mol. The van der Waals surface area contributed by atoms with E-state index < -0.39 is 0 Å². The molecule has 0 radical (unpaired) electrons. The second-order valence-corrected chi connectivity index (χ2v) is 4.20. The van der Waals surface area contributed by atoms with Crippen molar-refractivity contribution < 1.29 is 0 Å². The molecule has 0 N–H and O–H groups in total. The van der Waals surface area contributed by atoms with Crippen molar-refractivity contribution in [1.82, 2.24) is 9.97 Å². The fourth-order valence-electron chi connectivity index (χ4n) is 1.87. The Labute approximate surface area is 104 Å². The van der Waals surface area contributed by atoms with Crippen molar-refractivity contribution in [3.63, 3.8) is 0 Å². The van der Waals surface area contributed by atoms with Crippen LogP contribution in [0.2, 0.25) is 5.02 Å². The van der Waals surface area contributed by atoms with E-state index in [1.54, 1.807) is 12.3 Å². The third-order valence-electron chi connectivity index (χ3n) is 2.67. The first kappa shape index (κ1) is 10.2. The molecule has 0 fully saturated rings. The van der Waals surface area contributed by atoms with Gasteiger partial charge in [-0.3, -0.25) is 9.97 Å². The molecule has 0 amide bonds. The van der Waals surface area contributed by atoms with Crippen LogP contribution >= 0.6 is 11.6 Å². The summed E-state index contributed by atoms with van der Waals surface area (Å²) in [7, 11) is 0. The summed E-state index contributed by atoms with van der Waals surface area (Å²) in [6.45, 7) is 0. The standard InChI is InChI=1S/C14H9ClN2/c15-11-5-6-17-14(7-11)13-9-16-8-10-3-1-2-4-12(10)13/h1-9H. The minimum Gasteiger partial charge on any atom is -0.263 e. The lowest BCUT2D eigenvalue weighted by Crippen LogP contribution is -1.86. The average molecular weight is 241 g/mol. The van der Waals surface area contributed by atoms with Gasteiger partial charge in [-0.15, -0.1) is 0 Å². The first-order valence-electron chi connectivity index (χ1n) is 5.29. The molecule has 0 atom stereocenters. The summed E-state index contributed by atoms with van der Waals surface area (Å²) in [5.41, 5.74) is 1.85. The first-order chi connectivity index (χ1) is 8.34. The minimum atomic E-state index is 0.683. The van der Waals surface area contributed by atoms with E-state index in [0.29, 0.717) is 5.02 Å². The molecule has 0 unspecified atom stereocenters. The van der Waals surface area contributed by atoms with Crippen LogP contribution in [0.1, 0.15) is 0 Å². The normalized spacial score (nSPS) is 10.6. The van der Waals surface area contributed by atoms with Crippen LogP contribution in [0.3, 0.4) is 0 Å². The van der Waals surface area contributed by atoms with Crippen molar-refractivity contribution in [3.8, 4) is 11.3 Å². The lowest BCUT2D eigenvalue weighted by atomic mass is 10.1. The van der Waals surface area contributed by atoms with Gasteiger partial charge in [-0.05, 0) is 17.5 Å². The lowest BCUT2D eigenvalue weighted by molar-refractivity contribution is 1.30. The Morgan fingerprint density at radius 1 is 1.00 bits per heavy atom. The molecule has 3 rings (SSSR count).